The summed E-state index contributed by atoms with van der Waals surface area (Å²) in [6.45, 7) is 0.322. The summed E-state index contributed by atoms with van der Waals surface area (Å²) >= 11 is 5.72. The van der Waals surface area contributed by atoms with Crippen molar-refractivity contribution in [3.05, 3.63) is 47.0 Å². The molecular formula is C20H21ClN2O8S. The summed E-state index contributed by atoms with van der Waals surface area (Å²) in [4.78, 5) is 24.2. The Morgan fingerprint density at radius 3 is 2.56 bits per heavy atom. The van der Waals surface area contributed by atoms with Crippen molar-refractivity contribution in [3.63, 3.8) is 0 Å². The number of phenols is 1. The van der Waals surface area contributed by atoms with E-state index in [4.69, 9.17) is 25.8 Å². The third-order valence-electron chi connectivity index (χ3n) is 4.55. The van der Waals surface area contributed by atoms with Gasteiger partial charge in [-0.3, -0.25) is 4.79 Å². The highest BCUT2D eigenvalue weighted by molar-refractivity contribution is 7.89. The van der Waals surface area contributed by atoms with Crippen molar-refractivity contribution in [3.8, 4) is 11.5 Å². The highest BCUT2D eigenvalue weighted by atomic mass is 35.5. The third-order valence-corrected chi connectivity index (χ3v) is 6.70. The summed E-state index contributed by atoms with van der Waals surface area (Å²) in [5.74, 6) is -1.87. The molecule has 2 aromatic carbocycles. The average Bonchev–Trinajstić information content (AvgIpc) is 2.78. The fourth-order valence-electron chi connectivity index (χ4n) is 2.97. The number of benzene rings is 2. The van der Waals surface area contributed by atoms with Gasteiger partial charge in [-0.15, -0.1) is 0 Å². The second kappa shape index (κ2) is 10.2. The number of aromatic hydroxyl groups is 1. The van der Waals surface area contributed by atoms with Crippen LogP contribution in [0.2, 0.25) is 5.02 Å². The molecule has 1 saturated heterocycles. The van der Waals surface area contributed by atoms with Gasteiger partial charge in [0, 0.05) is 23.8 Å². The smallest absolute Gasteiger partial charge is 0.342 e. The molecule has 0 bridgehead atoms. The summed E-state index contributed by atoms with van der Waals surface area (Å²) < 4.78 is 42.6. The molecule has 2 aromatic rings. The lowest BCUT2D eigenvalue weighted by molar-refractivity contribution is -0.119. The monoisotopic (exact) mass is 484 g/mol. The lowest BCUT2D eigenvalue weighted by atomic mass is 10.2. The second-order valence-corrected chi connectivity index (χ2v) is 9.01. The van der Waals surface area contributed by atoms with Crippen LogP contribution in [0.3, 0.4) is 0 Å². The predicted molar refractivity (Wildman–Crippen MR) is 115 cm³/mol. The first-order chi connectivity index (χ1) is 15.2. The molecule has 2 N–H and O–H groups in total. The second-order valence-electron chi connectivity index (χ2n) is 6.67. The number of hydrogen-bond acceptors (Lipinski definition) is 8. The van der Waals surface area contributed by atoms with Crippen LogP contribution in [-0.4, -0.2) is 69.7 Å². The standard InChI is InChI=1S/C20H21ClN2O8S/c1-29-17-5-3-14(11-18(17)32(27,28)23-6-8-30-9-7-23)22-19(25)12-31-20(26)15-4-2-13(21)10-16(15)24/h2-5,10-11,24H,6-9,12H2,1H3,(H,22,25). The number of nitrogens with one attached hydrogen (secondary N) is 1. The number of sulfonamides is 1. The number of anilines is 1. The largest absolute Gasteiger partial charge is 0.507 e. The number of hydrogen-bond donors (Lipinski definition) is 2. The zero-order chi connectivity index (χ0) is 23.3. The van der Waals surface area contributed by atoms with E-state index in [1.807, 2.05) is 0 Å². The van der Waals surface area contributed by atoms with Crippen LogP contribution in [0.15, 0.2) is 41.3 Å². The van der Waals surface area contributed by atoms with Crippen molar-refractivity contribution in [2.24, 2.45) is 0 Å². The Kier molecular flexibility index (Phi) is 7.56. The molecule has 0 aromatic heterocycles. The highest BCUT2D eigenvalue weighted by Gasteiger charge is 2.29. The Bertz CT molecular complexity index is 1120. The molecule has 1 heterocycles. The number of amides is 1. The van der Waals surface area contributed by atoms with Crippen LogP contribution in [0.5, 0.6) is 11.5 Å². The molecule has 0 saturated carbocycles. The first kappa shape index (κ1) is 23.8. The molecule has 12 heteroatoms. The molecule has 1 amide bonds. The maximum Gasteiger partial charge on any atom is 0.342 e. The van der Waals surface area contributed by atoms with E-state index < -0.39 is 28.5 Å². The molecule has 10 nitrogen and oxygen atoms in total. The van der Waals surface area contributed by atoms with Gasteiger partial charge in [0.25, 0.3) is 5.91 Å². The van der Waals surface area contributed by atoms with E-state index in [0.29, 0.717) is 0 Å². The summed E-state index contributed by atoms with van der Waals surface area (Å²) in [6, 6.07) is 7.98. The number of ether oxygens (including phenoxy) is 3. The van der Waals surface area contributed by atoms with Crippen molar-refractivity contribution < 1.29 is 37.3 Å². The Hall–Kier alpha value is -2.86. The maximum atomic E-state index is 13.0. The average molecular weight is 485 g/mol. The first-order valence-corrected chi connectivity index (χ1v) is 11.3. The van der Waals surface area contributed by atoms with Gasteiger partial charge < -0.3 is 24.6 Å². The van der Waals surface area contributed by atoms with E-state index in [2.05, 4.69) is 5.32 Å². The molecule has 1 aliphatic heterocycles. The number of halogens is 1. The Morgan fingerprint density at radius 1 is 1.19 bits per heavy atom. The first-order valence-electron chi connectivity index (χ1n) is 9.44. The van der Waals surface area contributed by atoms with Crippen LogP contribution < -0.4 is 10.1 Å². The molecule has 1 aliphatic rings. The van der Waals surface area contributed by atoms with Crippen LogP contribution in [0.25, 0.3) is 0 Å². The molecule has 0 unspecified atom stereocenters. The van der Waals surface area contributed by atoms with Crippen molar-refractivity contribution in [1.29, 1.82) is 0 Å². The molecule has 172 valence electrons. The molecule has 0 spiro atoms. The summed E-state index contributed by atoms with van der Waals surface area (Å²) in [7, 11) is -2.54. The number of phenolic OH excluding ortho intramolecular Hbond substituents is 1. The van der Waals surface area contributed by atoms with E-state index in [1.165, 1.54) is 47.8 Å². The molecule has 0 radical (unpaired) electrons. The predicted octanol–water partition coefficient (Wildman–Crippen LogP) is 1.87. The van der Waals surface area contributed by atoms with Crippen LogP contribution in [-0.2, 0) is 24.3 Å². The van der Waals surface area contributed by atoms with E-state index in [9.17, 15) is 23.1 Å². The van der Waals surface area contributed by atoms with E-state index in [0.717, 1.165) is 0 Å². The van der Waals surface area contributed by atoms with Crippen molar-refractivity contribution >= 4 is 39.2 Å². The summed E-state index contributed by atoms with van der Waals surface area (Å²) in [5.41, 5.74) is 0.0264. The topological polar surface area (TPSA) is 131 Å². The highest BCUT2D eigenvalue weighted by Crippen LogP contribution is 2.30. The number of esters is 1. The van der Waals surface area contributed by atoms with Gasteiger partial charge in [-0.2, -0.15) is 4.31 Å². The van der Waals surface area contributed by atoms with Gasteiger partial charge >= 0.3 is 5.97 Å². The number of carbonyl (C=O) groups is 2. The van der Waals surface area contributed by atoms with Gasteiger partial charge in [-0.25, -0.2) is 13.2 Å². The normalized spacial score (nSPS) is 14.6. The molecular weight excluding hydrogens is 464 g/mol. The zero-order valence-electron chi connectivity index (χ0n) is 17.0. The number of nitrogens with zero attached hydrogens (tertiary/aromatic N) is 1. The van der Waals surface area contributed by atoms with Crippen molar-refractivity contribution in [2.75, 3.05) is 45.3 Å². The SMILES string of the molecule is COc1ccc(NC(=O)COC(=O)c2ccc(Cl)cc2O)cc1S(=O)(=O)N1CCOCC1. The van der Waals surface area contributed by atoms with Crippen molar-refractivity contribution in [2.45, 2.75) is 4.90 Å². The number of morpholine rings is 1. The lowest BCUT2D eigenvalue weighted by Gasteiger charge is -2.26. The van der Waals surface area contributed by atoms with Crippen LogP contribution in [0.1, 0.15) is 10.4 Å². The van der Waals surface area contributed by atoms with Gasteiger partial charge in [0.05, 0.1) is 20.3 Å². The van der Waals surface area contributed by atoms with E-state index >= 15 is 0 Å². The van der Waals surface area contributed by atoms with Gasteiger partial charge in [0.15, 0.2) is 6.61 Å². The number of rotatable bonds is 7. The van der Waals surface area contributed by atoms with Crippen molar-refractivity contribution in [1.82, 2.24) is 4.31 Å². The summed E-state index contributed by atoms with van der Waals surface area (Å²) in [5, 5.41) is 12.5. The molecule has 1 fully saturated rings. The lowest BCUT2D eigenvalue weighted by Crippen LogP contribution is -2.40. The van der Waals surface area contributed by atoms with Crippen LogP contribution >= 0.6 is 11.6 Å². The van der Waals surface area contributed by atoms with E-state index in [1.54, 1.807) is 0 Å². The minimum Gasteiger partial charge on any atom is -0.507 e. The van der Waals surface area contributed by atoms with Gasteiger partial charge in [0.2, 0.25) is 10.0 Å². The van der Waals surface area contributed by atoms with Gasteiger partial charge in [0.1, 0.15) is 22.0 Å². The van der Waals surface area contributed by atoms with Gasteiger partial charge in [-0.1, -0.05) is 11.6 Å². The number of carbonyl (C=O) groups excluding carboxylic acids is 2. The van der Waals surface area contributed by atoms with E-state index in [-0.39, 0.29) is 59.0 Å². The molecule has 32 heavy (non-hydrogen) atoms. The summed E-state index contributed by atoms with van der Waals surface area (Å²) in [6.07, 6.45) is 0. The zero-order valence-corrected chi connectivity index (χ0v) is 18.6. The van der Waals surface area contributed by atoms with Gasteiger partial charge in [-0.05, 0) is 36.4 Å². The Morgan fingerprint density at radius 2 is 1.91 bits per heavy atom. The minimum absolute atomic E-state index is 0.109. The molecule has 0 aliphatic carbocycles. The quantitative estimate of drug-likeness (QED) is 0.569. The number of methoxy groups -OCH3 is 1. The minimum atomic E-state index is -3.88. The Balaban J connectivity index is 1.70. The van der Waals surface area contributed by atoms with Crippen LogP contribution in [0.4, 0.5) is 5.69 Å². The Labute approximate surface area is 189 Å². The fourth-order valence-corrected chi connectivity index (χ4v) is 4.72. The third kappa shape index (κ3) is 5.49. The van der Waals surface area contributed by atoms with Crippen LogP contribution in [0, 0.1) is 0 Å². The molecule has 0 atom stereocenters. The maximum absolute atomic E-state index is 13.0. The fraction of sp³-hybridized carbons (Fsp3) is 0.300. The molecule has 3 rings (SSSR count).